The van der Waals surface area contributed by atoms with Crippen molar-refractivity contribution in [3.05, 3.63) is 22.4 Å². The molecule has 0 saturated heterocycles. The first-order valence-corrected chi connectivity index (χ1v) is 5.53. The third-order valence-electron chi connectivity index (χ3n) is 1.84. The van der Waals surface area contributed by atoms with Crippen LogP contribution in [0.3, 0.4) is 0 Å². The van der Waals surface area contributed by atoms with Gasteiger partial charge in [-0.3, -0.25) is 0 Å². The molecule has 0 amide bonds. The smallest absolute Gasteiger partial charge is 0.0894 e. The number of hydrogen-bond acceptors (Lipinski definition) is 3. The Hall–Kier alpha value is -0.380. The number of rotatable bonds is 5. The Balaban J connectivity index is 2.22. The van der Waals surface area contributed by atoms with Gasteiger partial charge in [0.05, 0.1) is 6.10 Å². The van der Waals surface area contributed by atoms with Crippen molar-refractivity contribution in [2.24, 2.45) is 0 Å². The SMILES string of the molecule is CC(C)NCC[C@H](O)c1cccs1. The summed E-state index contributed by atoms with van der Waals surface area (Å²) in [6.07, 6.45) is 0.491. The predicted molar refractivity (Wildman–Crippen MR) is 57.0 cm³/mol. The molecule has 0 fully saturated rings. The van der Waals surface area contributed by atoms with Crippen molar-refractivity contribution in [2.45, 2.75) is 32.4 Å². The lowest BCUT2D eigenvalue weighted by Crippen LogP contribution is -2.24. The maximum Gasteiger partial charge on any atom is 0.0894 e. The standard InChI is InChI=1S/C10H17NOS/c1-8(2)11-6-5-9(12)10-4-3-7-13-10/h3-4,7-9,11-12H,5-6H2,1-2H3/t9-/m0/s1. The number of thiophene rings is 1. The zero-order valence-electron chi connectivity index (χ0n) is 8.16. The van der Waals surface area contributed by atoms with Gasteiger partial charge in [-0.2, -0.15) is 0 Å². The van der Waals surface area contributed by atoms with Crippen molar-refractivity contribution in [1.82, 2.24) is 5.32 Å². The van der Waals surface area contributed by atoms with Crippen LogP contribution in [0.1, 0.15) is 31.2 Å². The average molecular weight is 199 g/mol. The van der Waals surface area contributed by atoms with Crippen molar-refractivity contribution < 1.29 is 5.11 Å². The summed E-state index contributed by atoms with van der Waals surface area (Å²) in [6.45, 7) is 5.09. The van der Waals surface area contributed by atoms with E-state index in [1.54, 1.807) is 11.3 Å². The van der Waals surface area contributed by atoms with Gasteiger partial charge in [-0.15, -0.1) is 11.3 Å². The van der Waals surface area contributed by atoms with Crippen LogP contribution in [-0.2, 0) is 0 Å². The fourth-order valence-electron chi connectivity index (χ4n) is 1.13. The van der Waals surface area contributed by atoms with Crippen LogP contribution in [0, 0.1) is 0 Å². The molecule has 0 aromatic carbocycles. The molecule has 0 radical (unpaired) electrons. The zero-order chi connectivity index (χ0) is 9.68. The third-order valence-corrected chi connectivity index (χ3v) is 2.82. The lowest BCUT2D eigenvalue weighted by Gasteiger charge is -2.11. The van der Waals surface area contributed by atoms with Crippen molar-refractivity contribution in [1.29, 1.82) is 0 Å². The first kappa shape index (κ1) is 10.7. The molecule has 1 rings (SSSR count). The van der Waals surface area contributed by atoms with E-state index in [0.717, 1.165) is 17.8 Å². The first-order valence-electron chi connectivity index (χ1n) is 4.65. The van der Waals surface area contributed by atoms with Gasteiger partial charge in [0.15, 0.2) is 0 Å². The number of aliphatic hydroxyl groups excluding tert-OH is 1. The highest BCUT2D eigenvalue weighted by Gasteiger charge is 2.07. The molecule has 0 aliphatic rings. The van der Waals surface area contributed by atoms with E-state index < -0.39 is 0 Å². The minimum atomic E-state index is -0.300. The van der Waals surface area contributed by atoms with Crippen molar-refractivity contribution >= 4 is 11.3 Å². The van der Waals surface area contributed by atoms with Crippen LogP contribution in [0.2, 0.25) is 0 Å². The summed E-state index contributed by atoms with van der Waals surface area (Å²) < 4.78 is 0. The van der Waals surface area contributed by atoms with Gasteiger partial charge in [-0.05, 0) is 24.4 Å². The summed E-state index contributed by atoms with van der Waals surface area (Å²) in [4.78, 5) is 1.06. The van der Waals surface area contributed by atoms with Crippen molar-refractivity contribution in [3.63, 3.8) is 0 Å². The molecule has 1 aromatic rings. The lowest BCUT2D eigenvalue weighted by molar-refractivity contribution is 0.169. The summed E-state index contributed by atoms with van der Waals surface area (Å²) in [7, 11) is 0. The van der Waals surface area contributed by atoms with E-state index in [1.807, 2.05) is 17.5 Å². The van der Waals surface area contributed by atoms with Gasteiger partial charge in [0.25, 0.3) is 0 Å². The Labute approximate surface area is 83.6 Å². The summed E-state index contributed by atoms with van der Waals surface area (Å²) in [5.41, 5.74) is 0. The van der Waals surface area contributed by atoms with Gasteiger partial charge >= 0.3 is 0 Å². The van der Waals surface area contributed by atoms with Gasteiger partial charge in [0.1, 0.15) is 0 Å². The van der Waals surface area contributed by atoms with Gasteiger partial charge in [-0.1, -0.05) is 19.9 Å². The molecular weight excluding hydrogens is 182 g/mol. The number of aliphatic hydroxyl groups is 1. The highest BCUT2D eigenvalue weighted by atomic mass is 32.1. The largest absolute Gasteiger partial charge is 0.388 e. The maximum atomic E-state index is 9.69. The van der Waals surface area contributed by atoms with E-state index in [0.29, 0.717) is 6.04 Å². The molecule has 3 heteroatoms. The van der Waals surface area contributed by atoms with Gasteiger partial charge in [0, 0.05) is 10.9 Å². The highest BCUT2D eigenvalue weighted by Crippen LogP contribution is 2.20. The van der Waals surface area contributed by atoms with Gasteiger partial charge in [-0.25, -0.2) is 0 Å². The molecule has 2 N–H and O–H groups in total. The third kappa shape index (κ3) is 3.89. The van der Waals surface area contributed by atoms with Crippen LogP contribution in [-0.4, -0.2) is 17.7 Å². The van der Waals surface area contributed by atoms with E-state index >= 15 is 0 Å². The molecule has 1 heterocycles. The Kier molecular flexibility index (Phi) is 4.42. The zero-order valence-corrected chi connectivity index (χ0v) is 8.97. The summed E-state index contributed by atoms with van der Waals surface area (Å²) in [6, 6.07) is 4.44. The van der Waals surface area contributed by atoms with Crippen LogP contribution in [0.5, 0.6) is 0 Å². The summed E-state index contributed by atoms with van der Waals surface area (Å²) in [5, 5.41) is 15.0. The molecule has 0 saturated carbocycles. The Bertz CT molecular complexity index is 221. The molecule has 74 valence electrons. The number of hydrogen-bond donors (Lipinski definition) is 2. The molecule has 0 unspecified atom stereocenters. The predicted octanol–water partition coefficient (Wildman–Crippen LogP) is 2.17. The molecule has 1 aromatic heterocycles. The van der Waals surface area contributed by atoms with Crippen LogP contribution in [0.25, 0.3) is 0 Å². The normalized spacial score (nSPS) is 13.5. The monoisotopic (exact) mass is 199 g/mol. The molecule has 0 aliphatic carbocycles. The molecule has 1 atom stereocenters. The van der Waals surface area contributed by atoms with E-state index in [1.165, 1.54) is 0 Å². The van der Waals surface area contributed by atoms with Crippen LogP contribution < -0.4 is 5.32 Å². The second-order valence-electron chi connectivity index (χ2n) is 3.43. The summed E-state index contributed by atoms with van der Waals surface area (Å²) in [5.74, 6) is 0. The molecule has 2 nitrogen and oxygen atoms in total. The first-order chi connectivity index (χ1) is 6.20. The van der Waals surface area contributed by atoms with Crippen molar-refractivity contribution in [2.75, 3.05) is 6.54 Å². The molecule has 0 aliphatic heterocycles. The van der Waals surface area contributed by atoms with Crippen LogP contribution >= 0.6 is 11.3 Å². The van der Waals surface area contributed by atoms with Gasteiger partial charge in [0.2, 0.25) is 0 Å². The minimum Gasteiger partial charge on any atom is -0.388 e. The molecular formula is C10H17NOS. The maximum absolute atomic E-state index is 9.69. The molecule has 0 bridgehead atoms. The fourth-order valence-corrected chi connectivity index (χ4v) is 1.88. The second-order valence-corrected chi connectivity index (χ2v) is 4.41. The highest BCUT2D eigenvalue weighted by molar-refractivity contribution is 7.10. The van der Waals surface area contributed by atoms with E-state index in [4.69, 9.17) is 0 Å². The topological polar surface area (TPSA) is 32.3 Å². The van der Waals surface area contributed by atoms with Crippen LogP contribution in [0.4, 0.5) is 0 Å². The minimum absolute atomic E-state index is 0.300. The quantitative estimate of drug-likeness (QED) is 0.761. The fraction of sp³-hybridized carbons (Fsp3) is 0.600. The van der Waals surface area contributed by atoms with Gasteiger partial charge < -0.3 is 10.4 Å². The van der Waals surface area contributed by atoms with Crippen LogP contribution in [0.15, 0.2) is 17.5 Å². The van der Waals surface area contributed by atoms with E-state index in [2.05, 4.69) is 19.2 Å². The Morgan fingerprint density at radius 3 is 2.85 bits per heavy atom. The lowest BCUT2D eigenvalue weighted by atomic mass is 10.2. The van der Waals surface area contributed by atoms with E-state index in [9.17, 15) is 5.11 Å². The van der Waals surface area contributed by atoms with Crippen molar-refractivity contribution in [3.8, 4) is 0 Å². The Morgan fingerprint density at radius 1 is 1.54 bits per heavy atom. The Morgan fingerprint density at radius 2 is 2.31 bits per heavy atom. The number of nitrogens with one attached hydrogen (secondary N) is 1. The molecule has 0 spiro atoms. The second kappa shape index (κ2) is 5.37. The van der Waals surface area contributed by atoms with E-state index in [-0.39, 0.29) is 6.10 Å². The summed E-state index contributed by atoms with van der Waals surface area (Å²) >= 11 is 1.61. The average Bonchev–Trinajstić information content (AvgIpc) is 2.55. The molecule has 13 heavy (non-hydrogen) atoms.